The Balaban J connectivity index is 1.69. The summed E-state index contributed by atoms with van der Waals surface area (Å²) in [7, 11) is 1.60. The molecule has 1 saturated heterocycles. The summed E-state index contributed by atoms with van der Waals surface area (Å²) >= 11 is 25.2. The number of nitrogens with one attached hydrogen (secondary N) is 1. The van der Waals surface area contributed by atoms with E-state index in [0.717, 1.165) is 34.0 Å². The van der Waals surface area contributed by atoms with Crippen molar-refractivity contribution in [3.63, 3.8) is 0 Å². The Kier molecular flexibility index (Phi) is 6.88. The molecule has 36 heavy (non-hydrogen) atoms. The number of anilines is 1. The molecule has 5 nitrogen and oxygen atoms in total. The van der Waals surface area contributed by atoms with Crippen LogP contribution in [0.25, 0.3) is 5.69 Å². The molecule has 5 rings (SSSR count). The quantitative estimate of drug-likeness (QED) is 0.256. The van der Waals surface area contributed by atoms with E-state index in [9.17, 15) is 0 Å². The van der Waals surface area contributed by atoms with Gasteiger partial charge >= 0.3 is 0 Å². The number of halogens is 3. The standard InChI is InChI=1S/C27H23Cl3N4OS/c1-15-12-19(16(2)33(15)23-9-7-17(28)13-20(23)29)26-25(22-6-4-5-11-31-22)32-27(36)34(26)18-8-10-24(35-3)21(30)14-18/h4-14,25-26H,1-3H3,(H,32,36)/t25-,26+/m1/s1. The van der Waals surface area contributed by atoms with Crippen molar-refractivity contribution in [2.45, 2.75) is 25.9 Å². The number of methoxy groups -OCH3 is 1. The van der Waals surface area contributed by atoms with E-state index in [1.54, 1.807) is 19.4 Å². The van der Waals surface area contributed by atoms with Crippen molar-refractivity contribution >= 4 is 57.8 Å². The zero-order chi connectivity index (χ0) is 25.6. The van der Waals surface area contributed by atoms with Crippen molar-refractivity contribution in [1.29, 1.82) is 0 Å². The molecular weight excluding hydrogens is 535 g/mol. The molecule has 2 atom stereocenters. The van der Waals surface area contributed by atoms with Gasteiger partial charge in [0.15, 0.2) is 5.11 Å². The van der Waals surface area contributed by atoms with Gasteiger partial charge in [0.25, 0.3) is 0 Å². The van der Waals surface area contributed by atoms with Crippen LogP contribution in [0.15, 0.2) is 66.9 Å². The minimum absolute atomic E-state index is 0.186. The van der Waals surface area contributed by atoms with E-state index < -0.39 is 0 Å². The summed E-state index contributed by atoms with van der Waals surface area (Å²) in [4.78, 5) is 6.74. The third-order valence-corrected chi connectivity index (χ3v) is 7.60. The number of benzene rings is 2. The number of hydrogen-bond acceptors (Lipinski definition) is 3. The normalized spacial score (nSPS) is 17.4. The summed E-state index contributed by atoms with van der Waals surface area (Å²) in [6.07, 6.45) is 1.79. The molecule has 0 bridgehead atoms. The summed E-state index contributed by atoms with van der Waals surface area (Å²) in [6.45, 7) is 4.15. The lowest BCUT2D eigenvalue weighted by atomic mass is 9.96. The average molecular weight is 558 g/mol. The molecule has 9 heteroatoms. The first-order valence-corrected chi connectivity index (χ1v) is 12.8. The Labute approximate surface area is 230 Å². The molecule has 0 saturated carbocycles. The molecule has 1 N–H and O–H groups in total. The number of ether oxygens (including phenoxy) is 1. The molecule has 0 aliphatic carbocycles. The number of thiocarbonyl (C=S) groups is 1. The predicted molar refractivity (Wildman–Crippen MR) is 151 cm³/mol. The fourth-order valence-corrected chi connectivity index (χ4v) is 5.97. The van der Waals surface area contributed by atoms with Crippen molar-refractivity contribution in [3.8, 4) is 11.4 Å². The maximum Gasteiger partial charge on any atom is 0.174 e. The van der Waals surface area contributed by atoms with Crippen LogP contribution in [0.2, 0.25) is 15.1 Å². The minimum atomic E-state index is -0.192. The molecule has 2 aromatic heterocycles. The van der Waals surface area contributed by atoms with Crippen LogP contribution < -0.4 is 15.0 Å². The van der Waals surface area contributed by atoms with Gasteiger partial charge in [-0.15, -0.1) is 0 Å². The third kappa shape index (κ3) is 4.33. The molecule has 1 aliphatic rings. The minimum Gasteiger partial charge on any atom is -0.495 e. The Morgan fingerprint density at radius 2 is 1.78 bits per heavy atom. The molecule has 0 spiro atoms. The van der Waals surface area contributed by atoms with E-state index in [0.29, 0.717) is 25.9 Å². The number of nitrogens with zero attached hydrogens (tertiary/aromatic N) is 3. The summed E-state index contributed by atoms with van der Waals surface area (Å²) in [5.74, 6) is 0.604. The van der Waals surface area contributed by atoms with Crippen LogP contribution in [-0.4, -0.2) is 21.8 Å². The van der Waals surface area contributed by atoms with Gasteiger partial charge in [0.05, 0.1) is 40.6 Å². The molecular formula is C27H23Cl3N4OS. The smallest absolute Gasteiger partial charge is 0.174 e. The number of rotatable bonds is 5. The van der Waals surface area contributed by atoms with Gasteiger partial charge in [-0.05, 0) is 86.2 Å². The fourth-order valence-electron chi connectivity index (χ4n) is 4.87. The number of hydrogen-bond donors (Lipinski definition) is 1. The second-order valence-electron chi connectivity index (χ2n) is 8.57. The zero-order valence-corrected chi connectivity index (χ0v) is 22.9. The second-order valence-corrected chi connectivity index (χ2v) is 10.2. The number of aromatic nitrogens is 2. The molecule has 184 valence electrons. The lowest BCUT2D eigenvalue weighted by Crippen LogP contribution is -2.29. The fraction of sp³-hybridized carbons (Fsp3) is 0.185. The zero-order valence-electron chi connectivity index (χ0n) is 19.8. The first-order chi connectivity index (χ1) is 17.3. The highest BCUT2D eigenvalue weighted by Crippen LogP contribution is 2.45. The maximum absolute atomic E-state index is 6.61. The molecule has 0 unspecified atom stereocenters. The summed E-state index contributed by atoms with van der Waals surface area (Å²) < 4.78 is 7.51. The van der Waals surface area contributed by atoms with E-state index >= 15 is 0 Å². The van der Waals surface area contributed by atoms with Crippen LogP contribution in [-0.2, 0) is 0 Å². The van der Waals surface area contributed by atoms with Gasteiger partial charge in [-0.25, -0.2) is 0 Å². The van der Waals surface area contributed by atoms with Gasteiger partial charge in [-0.2, -0.15) is 0 Å². The van der Waals surface area contributed by atoms with Crippen molar-refractivity contribution in [2.24, 2.45) is 0 Å². The van der Waals surface area contributed by atoms with Crippen LogP contribution in [0, 0.1) is 13.8 Å². The highest BCUT2D eigenvalue weighted by Gasteiger charge is 2.42. The molecule has 1 aliphatic heterocycles. The first-order valence-electron chi connectivity index (χ1n) is 11.3. The maximum atomic E-state index is 6.61. The summed E-state index contributed by atoms with van der Waals surface area (Å²) in [5, 5.41) is 5.77. The summed E-state index contributed by atoms with van der Waals surface area (Å²) in [6, 6.07) is 18.9. The average Bonchev–Trinajstić information content (AvgIpc) is 3.35. The predicted octanol–water partition coefficient (Wildman–Crippen LogP) is 7.64. The highest BCUT2D eigenvalue weighted by atomic mass is 35.5. The van der Waals surface area contributed by atoms with Gasteiger partial charge in [0.1, 0.15) is 5.75 Å². The Morgan fingerprint density at radius 3 is 2.44 bits per heavy atom. The van der Waals surface area contributed by atoms with Crippen molar-refractivity contribution < 1.29 is 4.74 Å². The van der Waals surface area contributed by atoms with Crippen LogP contribution in [0.1, 0.15) is 34.7 Å². The van der Waals surface area contributed by atoms with Crippen LogP contribution in [0.4, 0.5) is 5.69 Å². The van der Waals surface area contributed by atoms with E-state index in [1.807, 2.05) is 48.5 Å². The molecule has 1 fully saturated rings. The third-order valence-electron chi connectivity index (χ3n) is 6.45. The topological polar surface area (TPSA) is 42.3 Å². The highest BCUT2D eigenvalue weighted by molar-refractivity contribution is 7.80. The lowest BCUT2D eigenvalue weighted by Gasteiger charge is -2.28. The second kappa shape index (κ2) is 9.94. The molecule has 2 aromatic carbocycles. The number of aryl methyl sites for hydroxylation is 1. The molecule has 0 amide bonds. The van der Waals surface area contributed by atoms with Gasteiger partial charge < -0.3 is 19.5 Å². The number of pyridine rings is 1. The Hall–Kier alpha value is -2.77. The SMILES string of the molecule is COc1ccc(N2C(=S)N[C@H](c3ccccn3)[C@@H]2c2cc(C)n(-c3ccc(Cl)cc3Cl)c2C)cc1Cl. The Bertz CT molecular complexity index is 1460. The van der Waals surface area contributed by atoms with Crippen molar-refractivity contribution in [2.75, 3.05) is 12.0 Å². The Morgan fingerprint density at radius 1 is 0.972 bits per heavy atom. The monoisotopic (exact) mass is 556 g/mol. The van der Waals surface area contributed by atoms with Crippen LogP contribution >= 0.6 is 47.0 Å². The van der Waals surface area contributed by atoms with Crippen molar-refractivity contribution in [3.05, 3.63) is 105 Å². The van der Waals surface area contributed by atoms with Crippen molar-refractivity contribution in [1.82, 2.24) is 14.9 Å². The van der Waals surface area contributed by atoms with Gasteiger partial charge in [-0.3, -0.25) is 4.98 Å². The molecule has 4 aromatic rings. The van der Waals surface area contributed by atoms with E-state index in [1.165, 1.54) is 0 Å². The van der Waals surface area contributed by atoms with Crippen LogP contribution in [0.3, 0.4) is 0 Å². The van der Waals surface area contributed by atoms with E-state index in [-0.39, 0.29) is 12.1 Å². The first kappa shape index (κ1) is 24.9. The van der Waals surface area contributed by atoms with Gasteiger partial charge in [0, 0.05) is 28.3 Å². The van der Waals surface area contributed by atoms with Gasteiger partial charge in [-0.1, -0.05) is 40.9 Å². The summed E-state index contributed by atoms with van der Waals surface area (Å²) in [5.41, 5.74) is 5.78. The molecule has 0 radical (unpaired) electrons. The van der Waals surface area contributed by atoms with E-state index in [4.69, 9.17) is 51.8 Å². The lowest BCUT2D eigenvalue weighted by molar-refractivity contribution is 0.415. The van der Waals surface area contributed by atoms with Gasteiger partial charge in [0.2, 0.25) is 0 Å². The van der Waals surface area contributed by atoms with Crippen LogP contribution in [0.5, 0.6) is 5.75 Å². The molecule has 3 heterocycles. The van der Waals surface area contributed by atoms with E-state index in [2.05, 4.69) is 39.7 Å². The largest absolute Gasteiger partial charge is 0.495 e.